The lowest BCUT2D eigenvalue weighted by atomic mass is 9.70. The quantitative estimate of drug-likeness (QED) is 0.144. The summed E-state index contributed by atoms with van der Waals surface area (Å²) in [6, 6.07) is 0. The molecule has 0 heterocycles. The second kappa shape index (κ2) is 19.2. The van der Waals surface area contributed by atoms with Crippen LogP contribution < -0.4 is 0 Å². The van der Waals surface area contributed by atoms with E-state index in [9.17, 15) is 14.7 Å². The van der Waals surface area contributed by atoms with Crippen molar-refractivity contribution in [2.45, 2.75) is 135 Å². The van der Waals surface area contributed by atoms with Gasteiger partial charge < -0.3 is 10.2 Å². The van der Waals surface area contributed by atoms with Crippen LogP contribution in [-0.2, 0) is 9.59 Å². The van der Waals surface area contributed by atoms with Crippen molar-refractivity contribution in [3.05, 3.63) is 12.2 Å². The van der Waals surface area contributed by atoms with Gasteiger partial charge in [-0.05, 0) is 50.4 Å². The summed E-state index contributed by atoms with van der Waals surface area (Å²) in [6.07, 6.45) is 26.4. The molecule has 0 aromatic carbocycles. The smallest absolute Gasteiger partial charge is 0.306 e. The Kier molecular flexibility index (Phi) is 17.2. The molecule has 0 radical (unpaired) electrons. The van der Waals surface area contributed by atoms with E-state index in [2.05, 4.69) is 19.1 Å². The average Bonchev–Trinajstić information content (AvgIpc) is 2.78. The molecule has 2 N–H and O–H groups in total. The van der Waals surface area contributed by atoms with Crippen molar-refractivity contribution in [3.63, 3.8) is 0 Å². The Morgan fingerprint density at radius 1 is 0.781 bits per heavy atom. The third-order valence-corrected chi connectivity index (χ3v) is 7.31. The lowest BCUT2D eigenvalue weighted by Crippen LogP contribution is -2.31. The van der Waals surface area contributed by atoms with Crippen LogP contribution in [0.15, 0.2) is 12.2 Å². The summed E-state index contributed by atoms with van der Waals surface area (Å²) in [4.78, 5) is 23.2. The fourth-order valence-corrected chi connectivity index (χ4v) is 5.40. The molecule has 1 aliphatic carbocycles. The maximum absolute atomic E-state index is 12.0. The monoisotopic (exact) mass is 450 g/mol. The molecule has 0 aliphatic heterocycles. The molecule has 0 bridgehead atoms. The molecule has 1 aliphatic rings. The molecule has 0 spiro atoms. The van der Waals surface area contributed by atoms with Crippen molar-refractivity contribution < 1.29 is 19.8 Å². The zero-order chi connectivity index (χ0) is 23.4. The van der Waals surface area contributed by atoms with Gasteiger partial charge in [-0.2, -0.15) is 0 Å². The van der Waals surface area contributed by atoms with Crippen LogP contribution in [0.25, 0.3) is 0 Å². The molecule has 0 amide bonds. The highest BCUT2D eigenvalue weighted by Crippen LogP contribution is 2.38. The van der Waals surface area contributed by atoms with E-state index in [0.717, 1.165) is 51.4 Å². The van der Waals surface area contributed by atoms with Crippen LogP contribution in [-0.4, -0.2) is 22.2 Å². The summed E-state index contributed by atoms with van der Waals surface area (Å²) >= 11 is 0. The molecule has 0 saturated heterocycles. The standard InChI is InChI=1S/C28H50O4/c1-2-3-4-5-6-7-8-9-10-11-12-13-14-18-21-26(28(31)32)25(22-23-27(29)30)24-19-16-15-17-20-24/h9-10,24-26H,2-8,11-23H2,1H3,(H,29,30)(H,31,32)/b10-9-. The van der Waals surface area contributed by atoms with Gasteiger partial charge in [0.15, 0.2) is 0 Å². The van der Waals surface area contributed by atoms with Crippen LogP contribution in [0.2, 0.25) is 0 Å². The SMILES string of the molecule is CCCCCCCC/C=C\CCCCCCC(C(=O)O)C(CCC(=O)O)C1CCCCC1. The molecule has 2 atom stereocenters. The number of allylic oxidation sites excluding steroid dienone is 2. The summed E-state index contributed by atoms with van der Waals surface area (Å²) < 4.78 is 0. The first-order valence-electron chi connectivity index (χ1n) is 13.7. The largest absolute Gasteiger partial charge is 0.481 e. The lowest BCUT2D eigenvalue weighted by Gasteiger charge is -2.34. The van der Waals surface area contributed by atoms with Crippen molar-refractivity contribution >= 4 is 11.9 Å². The summed E-state index contributed by atoms with van der Waals surface area (Å²) in [5.74, 6) is -1.49. The zero-order valence-corrected chi connectivity index (χ0v) is 20.7. The van der Waals surface area contributed by atoms with Crippen molar-refractivity contribution in [1.29, 1.82) is 0 Å². The average molecular weight is 451 g/mol. The number of carboxylic acids is 2. The summed E-state index contributed by atoms with van der Waals surface area (Å²) in [5, 5.41) is 19.0. The van der Waals surface area contributed by atoms with Gasteiger partial charge in [-0.25, -0.2) is 0 Å². The van der Waals surface area contributed by atoms with E-state index in [4.69, 9.17) is 5.11 Å². The molecular weight excluding hydrogens is 400 g/mol. The lowest BCUT2D eigenvalue weighted by molar-refractivity contribution is -0.146. The number of carbonyl (C=O) groups is 2. The predicted octanol–water partition coefficient (Wildman–Crippen LogP) is 8.40. The minimum Gasteiger partial charge on any atom is -0.481 e. The van der Waals surface area contributed by atoms with Crippen molar-refractivity contribution in [2.75, 3.05) is 0 Å². The van der Waals surface area contributed by atoms with Gasteiger partial charge in [-0.1, -0.05) is 103 Å². The Labute approximate surface area is 197 Å². The van der Waals surface area contributed by atoms with E-state index in [1.165, 1.54) is 57.8 Å². The van der Waals surface area contributed by atoms with Gasteiger partial charge in [-0.3, -0.25) is 9.59 Å². The molecule has 1 saturated carbocycles. The Balaban J connectivity index is 2.24. The Morgan fingerprint density at radius 2 is 1.34 bits per heavy atom. The van der Waals surface area contributed by atoms with Gasteiger partial charge in [0, 0.05) is 6.42 Å². The van der Waals surface area contributed by atoms with Crippen LogP contribution in [0, 0.1) is 17.8 Å². The first-order chi connectivity index (χ1) is 15.6. The van der Waals surface area contributed by atoms with Gasteiger partial charge in [0.2, 0.25) is 0 Å². The van der Waals surface area contributed by atoms with Crippen molar-refractivity contribution in [2.24, 2.45) is 17.8 Å². The molecule has 1 fully saturated rings. The third kappa shape index (κ3) is 14.0. The van der Waals surface area contributed by atoms with Gasteiger partial charge in [0.25, 0.3) is 0 Å². The van der Waals surface area contributed by atoms with Crippen molar-refractivity contribution in [3.8, 4) is 0 Å². The molecule has 0 aromatic heterocycles. The number of carboxylic acid groups (broad SMARTS) is 2. The molecule has 1 rings (SSSR count). The molecule has 4 nitrogen and oxygen atoms in total. The molecular formula is C28H50O4. The Bertz CT molecular complexity index is 508. The van der Waals surface area contributed by atoms with Crippen LogP contribution in [0.4, 0.5) is 0 Å². The van der Waals surface area contributed by atoms with Gasteiger partial charge in [0.1, 0.15) is 0 Å². The number of unbranched alkanes of at least 4 members (excludes halogenated alkanes) is 10. The van der Waals surface area contributed by atoms with E-state index >= 15 is 0 Å². The minimum atomic E-state index is -0.806. The highest BCUT2D eigenvalue weighted by atomic mass is 16.4. The first kappa shape index (κ1) is 28.7. The highest BCUT2D eigenvalue weighted by Gasteiger charge is 2.34. The van der Waals surface area contributed by atoms with Gasteiger partial charge in [0.05, 0.1) is 5.92 Å². The molecule has 2 unspecified atom stereocenters. The van der Waals surface area contributed by atoms with Crippen LogP contribution in [0.5, 0.6) is 0 Å². The van der Waals surface area contributed by atoms with Crippen LogP contribution in [0.3, 0.4) is 0 Å². The first-order valence-corrected chi connectivity index (χ1v) is 13.7. The third-order valence-electron chi connectivity index (χ3n) is 7.31. The summed E-state index contributed by atoms with van der Waals surface area (Å²) in [7, 11) is 0. The molecule has 186 valence electrons. The topological polar surface area (TPSA) is 74.6 Å². The second-order valence-electron chi connectivity index (χ2n) is 9.96. The van der Waals surface area contributed by atoms with Crippen LogP contribution >= 0.6 is 0 Å². The second-order valence-corrected chi connectivity index (χ2v) is 9.96. The predicted molar refractivity (Wildman–Crippen MR) is 133 cm³/mol. The van der Waals surface area contributed by atoms with E-state index in [1.807, 2.05) is 0 Å². The van der Waals surface area contributed by atoms with E-state index in [0.29, 0.717) is 18.8 Å². The Hall–Kier alpha value is -1.32. The fraction of sp³-hybridized carbons (Fsp3) is 0.857. The van der Waals surface area contributed by atoms with E-state index < -0.39 is 11.9 Å². The maximum Gasteiger partial charge on any atom is 0.306 e. The zero-order valence-electron chi connectivity index (χ0n) is 20.7. The molecule has 0 aromatic rings. The van der Waals surface area contributed by atoms with E-state index in [-0.39, 0.29) is 18.3 Å². The number of aliphatic carboxylic acids is 2. The highest BCUT2D eigenvalue weighted by molar-refractivity contribution is 5.71. The number of hydrogen-bond acceptors (Lipinski definition) is 2. The molecule has 32 heavy (non-hydrogen) atoms. The summed E-state index contributed by atoms with van der Waals surface area (Å²) in [5.41, 5.74) is 0. The Morgan fingerprint density at radius 3 is 1.91 bits per heavy atom. The number of rotatable bonds is 20. The van der Waals surface area contributed by atoms with Gasteiger partial charge in [-0.15, -0.1) is 0 Å². The number of hydrogen-bond donors (Lipinski definition) is 2. The van der Waals surface area contributed by atoms with E-state index in [1.54, 1.807) is 0 Å². The normalized spacial score (nSPS) is 16.9. The minimum absolute atomic E-state index is 0.0220. The summed E-state index contributed by atoms with van der Waals surface area (Å²) in [6.45, 7) is 2.25. The van der Waals surface area contributed by atoms with Crippen LogP contribution in [0.1, 0.15) is 135 Å². The van der Waals surface area contributed by atoms with Gasteiger partial charge >= 0.3 is 11.9 Å². The fourth-order valence-electron chi connectivity index (χ4n) is 5.40. The molecule has 4 heteroatoms. The maximum atomic E-state index is 12.0. The van der Waals surface area contributed by atoms with Crippen molar-refractivity contribution in [1.82, 2.24) is 0 Å².